The van der Waals surface area contributed by atoms with Gasteiger partial charge in [0.15, 0.2) is 0 Å². The van der Waals surface area contributed by atoms with E-state index in [9.17, 15) is 0 Å². The van der Waals surface area contributed by atoms with Gasteiger partial charge >= 0.3 is 0 Å². The zero-order chi connectivity index (χ0) is 19.7. The molecule has 0 unspecified atom stereocenters. The van der Waals surface area contributed by atoms with Gasteiger partial charge in [-0.3, -0.25) is 0 Å². The topological polar surface area (TPSA) is 29.3 Å². The van der Waals surface area contributed by atoms with E-state index in [0.717, 1.165) is 6.54 Å². The van der Waals surface area contributed by atoms with E-state index in [0.29, 0.717) is 0 Å². The molecule has 0 radical (unpaired) electrons. The van der Waals surface area contributed by atoms with E-state index in [-0.39, 0.29) is 0 Å². The van der Waals surface area contributed by atoms with Crippen molar-refractivity contribution >= 4 is 0 Å². The summed E-state index contributed by atoms with van der Waals surface area (Å²) in [5.74, 6) is 0. The number of nitrogens with zero attached hydrogens (tertiary/aromatic N) is 1. The minimum absolute atomic E-state index is 0.862. The number of unbranched alkanes of at least 4 members (excludes halogenated alkanes) is 12. The highest BCUT2D eigenvalue weighted by molar-refractivity contribution is 4.81. The molecule has 0 atom stereocenters. The molecule has 0 spiro atoms. The van der Waals surface area contributed by atoms with E-state index in [2.05, 4.69) is 44.7 Å². The Morgan fingerprint density at radius 1 is 0.538 bits per heavy atom. The summed E-state index contributed by atoms with van der Waals surface area (Å²) in [5, 5.41) is 0. The SMILES string of the molecule is CCCCCCCC/C=C\CCCCCCCCN.CCN(CC)CC. The van der Waals surface area contributed by atoms with Crippen molar-refractivity contribution in [3.63, 3.8) is 0 Å². The Balaban J connectivity index is 0. The Labute approximate surface area is 167 Å². The maximum absolute atomic E-state index is 5.47. The molecule has 0 aromatic heterocycles. The van der Waals surface area contributed by atoms with Crippen LogP contribution in [0.25, 0.3) is 0 Å². The average Bonchev–Trinajstić information content (AvgIpc) is 2.67. The van der Waals surface area contributed by atoms with Gasteiger partial charge < -0.3 is 10.6 Å². The molecule has 0 saturated heterocycles. The van der Waals surface area contributed by atoms with Crippen LogP contribution in [0.15, 0.2) is 12.2 Å². The van der Waals surface area contributed by atoms with Crippen LogP contribution in [0.5, 0.6) is 0 Å². The summed E-state index contributed by atoms with van der Waals surface area (Å²) < 4.78 is 0. The van der Waals surface area contributed by atoms with Gasteiger partial charge in [-0.15, -0.1) is 0 Å². The molecule has 2 nitrogen and oxygen atoms in total. The monoisotopic (exact) mass is 368 g/mol. The largest absolute Gasteiger partial charge is 0.330 e. The molecule has 2 N–H and O–H groups in total. The van der Waals surface area contributed by atoms with E-state index in [1.165, 1.54) is 110 Å². The molecule has 0 fully saturated rings. The number of allylic oxidation sites excluding steroid dienone is 2. The van der Waals surface area contributed by atoms with Crippen molar-refractivity contribution in [3.8, 4) is 0 Å². The molecule has 158 valence electrons. The third-order valence-corrected chi connectivity index (χ3v) is 5.06. The molecule has 2 heteroatoms. The first kappa shape index (κ1) is 27.9. The first-order valence-electron chi connectivity index (χ1n) is 11.8. The van der Waals surface area contributed by atoms with E-state index in [1.807, 2.05) is 0 Å². The van der Waals surface area contributed by atoms with Gasteiger partial charge in [-0.05, 0) is 58.3 Å². The van der Waals surface area contributed by atoms with Crippen molar-refractivity contribution in [2.24, 2.45) is 5.73 Å². The fraction of sp³-hybridized carbons (Fsp3) is 0.917. The minimum atomic E-state index is 0.862. The molecule has 0 rings (SSSR count). The second-order valence-electron chi connectivity index (χ2n) is 7.35. The molecular formula is C24H52N2. The van der Waals surface area contributed by atoms with Crippen LogP contribution in [0, 0.1) is 0 Å². The molecule has 0 heterocycles. The summed E-state index contributed by atoms with van der Waals surface area (Å²) >= 11 is 0. The van der Waals surface area contributed by atoms with Crippen LogP contribution in [0.1, 0.15) is 118 Å². The highest BCUT2D eigenvalue weighted by Gasteiger charge is 1.90. The summed E-state index contributed by atoms with van der Waals surface area (Å²) in [4.78, 5) is 2.38. The highest BCUT2D eigenvalue weighted by atomic mass is 15.1. The fourth-order valence-electron chi connectivity index (χ4n) is 3.06. The van der Waals surface area contributed by atoms with Crippen molar-refractivity contribution in [1.29, 1.82) is 0 Å². The zero-order valence-corrected chi connectivity index (χ0v) is 18.9. The Bertz CT molecular complexity index is 241. The Morgan fingerprint density at radius 2 is 0.923 bits per heavy atom. The van der Waals surface area contributed by atoms with Crippen LogP contribution in [0.2, 0.25) is 0 Å². The van der Waals surface area contributed by atoms with Crippen LogP contribution in [0.3, 0.4) is 0 Å². The maximum atomic E-state index is 5.47. The number of hydrogen-bond donors (Lipinski definition) is 1. The lowest BCUT2D eigenvalue weighted by molar-refractivity contribution is 0.321. The lowest BCUT2D eigenvalue weighted by atomic mass is 10.1. The second kappa shape index (κ2) is 26.9. The van der Waals surface area contributed by atoms with Gasteiger partial charge in [-0.25, -0.2) is 0 Å². The van der Waals surface area contributed by atoms with Gasteiger partial charge in [-0.1, -0.05) is 97.6 Å². The number of hydrogen-bond acceptors (Lipinski definition) is 2. The molecular weight excluding hydrogens is 316 g/mol. The third-order valence-electron chi connectivity index (χ3n) is 5.06. The molecule has 0 aliphatic rings. The van der Waals surface area contributed by atoms with Crippen molar-refractivity contribution in [2.75, 3.05) is 26.2 Å². The summed E-state index contributed by atoms with van der Waals surface area (Å²) in [5.41, 5.74) is 5.47. The van der Waals surface area contributed by atoms with Gasteiger partial charge in [-0.2, -0.15) is 0 Å². The van der Waals surface area contributed by atoms with E-state index >= 15 is 0 Å². The van der Waals surface area contributed by atoms with Gasteiger partial charge in [0.05, 0.1) is 0 Å². The standard InChI is InChI=1S/C18H37N.C6H15N/c1-2-3-4-5-6-7-8-9-10-11-12-13-14-15-16-17-18-19;1-4-7(5-2)6-3/h9-10H,2-8,11-19H2,1H3;4-6H2,1-3H3/b10-9-;. The van der Waals surface area contributed by atoms with Gasteiger partial charge in [0.1, 0.15) is 0 Å². The van der Waals surface area contributed by atoms with Crippen molar-refractivity contribution in [2.45, 2.75) is 118 Å². The molecule has 0 saturated carbocycles. The predicted molar refractivity (Wildman–Crippen MR) is 122 cm³/mol. The Hall–Kier alpha value is -0.340. The highest BCUT2D eigenvalue weighted by Crippen LogP contribution is 2.09. The van der Waals surface area contributed by atoms with Gasteiger partial charge in [0.2, 0.25) is 0 Å². The first-order valence-corrected chi connectivity index (χ1v) is 11.8. The predicted octanol–water partition coefficient (Wildman–Crippen LogP) is 7.33. The van der Waals surface area contributed by atoms with Gasteiger partial charge in [0.25, 0.3) is 0 Å². The maximum Gasteiger partial charge on any atom is -0.00474 e. The fourth-order valence-corrected chi connectivity index (χ4v) is 3.06. The van der Waals surface area contributed by atoms with E-state index in [1.54, 1.807) is 0 Å². The van der Waals surface area contributed by atoms with E-state index < -0.39 is 0 Å². The summed E-state index contributed by atoms with van der Waals surface area (Å²) in [7, 11) is 0. The first-order chi connectivity index (χ1) is 12.8. The minimum Gasteiger partial charge on any atom is -0.330 e. The van der Waals surface area contributed by atoms with Crippen LogP contribution < -0.4 is 5.73 Å². The Morgan fingerprint density at radius 3 is 1.27 bits per heavy atom. The molecule has 26 heavy (non-hydrogen) atoms. The third kappa shape index (κ3) is 25.9. The van der Waals surface area contributed by atoms with Crippen molar-refractivity contribution < 1.29 is 0 Å². The van der Waals surface area contributed by atoms with Crippen LogP contribution in [-0.2, 0) is 0 Å². The summed E-state index contributed by atoms with van der Waals surface area (Å²) in [6.07, 6.45) is 23.9. The smallest absolute Gasteiger partial charge is 0.00474 e. The van der Waals surface area contributed by atoms with Crippen LogP contribution in [-0.4, -0.2) is 31.1 Å². The molecule has 0 aromatic carbocycles. The Kier molecular flexibility index (Phi) is 28.8. The lowest BCUT2D eigenvalue weighted by Crippen LogP contribution is -2.21. The molecule has 0 aliphatic heterocycles. The molecule has 0 bridgehead atoms. The average molecular weight is 369 g/mol. The molecule has 0 amide bonds. The van der Waals surface area contributed by atoms with Crippen molar-refractivity contribution in [1.82, 2.24) is 4.90 Å². The molecule has 0 aromatic rings. The summed E-state index contributed by atoms with van der Waals surface area (Å²) in [6, 6.07) is 0. The lowest BCUT2D eigenvalue weighted by Gasteiger charge is -2.13. The van der Waals surface area contributed by atoms with Gasteiger partial charge in [0, 0.05) is 0 Å². The summed E-state index contributed by atoms with van der Waals surface area (Å²) in [6.45, 7) is 13.3. The van der Waals surface area contributed by atoms with Crippen LogP contribution in [0.4, 0.5) is 0 Å². The number of nitrogens with two attached hydrogens (primary N) is 1. The normalized spacial score (nSPS) is 11.2. The van der Waals surface area contributed by atoms with E-state index in [4.69, 9.17) is 5.73 Å². The van der Waals surface area contributed by atoms with Crippen molar-refractivity contribution in [3.05, 3.63) is 12.2 Å². The second-order valence-corrected chi connectivity index (χ2v) is 7.35. The molecule has 0 aliphatic carbocycles. The number of rotatable bonds is 18. The quantitative estimate of drug-likeness (QED) is 0.203. The zero-order valence-electron chi connectivity index (χ0n) is 18.9. The van der Waals surface area contributed by atoms with Crippen LogP contribution >= 0.6 is 0 Å².